The van der Waals surface area contributed by atoms with Crippen molar-refractivity contribution in [1.29, 1.82) is 0 Å². The predicted octanol–water partition coefficient (Wildman–Crippen LogP) is 3.19. The molecule has 0 atom stereocenters. The fourth-order valence-electron chi connectivity index (χ4n) is 2.16. The fraction of sp³-hybridized carbons (Fsp3) is 0.263. The molecule has 0 aliphatic heterocycles. The van der Waals surface area contributed by atoms with Crippen LogP contribution < -0.4 is 5.32 Å². The number of carbonyl (C=O) groups excluding carboxylic acids is 1. The van der Waals surface area contributed by atoms with Crippen LogP contribution in [0.25, 0.3) is 0 Å². The van der Waals surface area contributed by atoms with Gasteiger partial charge < -0.3 is 19.9 Å². The normalized spacial score (nSPS) is 10.4. The van der Waals surface area contributed by atoms with Crippen LogP contribution in [0.15, 0.2) is 48.5 Å². The lowest BCUT2D eigenvalue weighted by molar-refractivity contribution is 0.0453. The highest BCUT2D eigenvalue weighted by atomic mass is 16.5. The number of anilines is 1. The second-order valence-corrected chi connectivity index (χ2v) is 5.29. The lowest BCUT2D eigenvalue weighted by Gasteiger charge is -2.09. The third-order valence-corrected chi connectivity index (χ3v) is 3.42. The summed E-state index contributed by atoms with van der Waals surface area (Å²) < 4.78 is 10.7. The van der Waals surface area contributed by atoms with Gasteiger partial charge in [-0.3, -0.25) is 4.79 Å². The molecule has 2 rings (SSSR count). The van der Waals surface area contributed by atoms with E-state index >= 15 is 0 Å². The molecule has 132 valence electrons. The first-order valence-electron chi connectivity index (χ1n) is 7.99. The molecule has 0 saturated carbocycles. The van der Waals surface area contributed by atoms with E-state index in [1.807, 2.05) is 25.1 Å². The molecule has 0 aliphatic carbocycles. The van der Waals surface area contributed by atoms with Gasteiger partial charge >= 0.3 is 5.97 Å². The molecule has 0 saturated heterocycles. The molecule has 2 aromatic carbocycles. The van der Waals surface area contributed by atoms with Crippen LogP contribution in [-0.2, 0) is 16.1 Å². The molecule has 2 N–H and O–H groups in total. The summed E-state index contributed by atoms with van der Waals surface area (Å²) in [4.78, 5) is 23.1. The average molecular weight is 343 g/mol. The molecule has 25 heavy (non-hydrogen) atoms. The number of nitrogens with one attached hydrogen (secondary N) is 1. The summed E-state index contributed by atoms with van der Waals surface area (Å²) in [6.45, 7) is 4.10. The van der Waals surface area contributed by atoms with Gasteiger partial charge in [-0.2, -0.15) is 0 Å². The van der Waals surface area contributed by atoms with Crippen LogP contribution in [-0.4, -0.2) is 36.8 Å². The zero-order valence-electron chi connectivity index (χ0n) is 14.0. The Kier molecular flexibility index (Phi) is 7.13. The van der Waals surface area contributed by atoms with E-state index in [1.165, 1.54) is 24.3 Å². The molecular formula is C19H21NO5. The summed E-state index contributed by atoms with van der Waals surface area (Å²) in [5.74, 6) is -1.32. The minimum Gasteiger partial charge on any atom is -0.478 e. The number of carboxylic acids is 1. The van der Waals surface area contributed by atoms with Gasteiger partial charge in [-0.15, -0.1) is 0 Å². The summed E-state index contributed by atoms with van der Waals surface area (Å²) in [6, 6.07) is 13.2. The number of carbonyl (C=O) groups is 2. The van der Waals surface area contributed by atoms with Crippen LogP contribution in [0.5, 0.6) is 0 Å². The van der Waals surface area contributed by atoms with Crippen LogP contribution in [0.4, 0.5) is 5.69 Å². The van der Waals surface area contributed by atoms with E-state index in [2.05, 4.69) is 5.32 Å². The van der Waals surface area contributed by atoms with E-state index in [9.17, 15) is 9.59 Å². The zero-order chi connectivity index (χ0) is 18.1. The molecule has 0 aromatic heterocycles. The number of aromatic carboxylic acids is 1. The Labute approximate surface area is 146 Å². The Hall–Kier alpha value is -2.70. The highest BCUT2D eigenvalue weighted by Gasteiger charge is 2.08. The van der Waals surface area contributed by atoms with Crippen LogP contribution in [0, 0.1) is 0 Å². The summed E-state index contributed by atoms with van der Waals surface area (Å²) >= 11 is 0. The highest BCUT2D eigenvalue weighted by molar-refractivity contribution is 6.04. The van der Waals surface area contributed by atoms with Crippen molar-refractivity contribution in [2.45, 2.75) is 13.5 Å². The van der Waals surface area contributed by atoms with Gasteiger partial charge in [-0.05, 0) is 48.9 Å². The maximum absolute atomic E-state index is 12.2. The Morgan fingerprint density at radius 1 is 1.00 bits per heavy atom. The number of rotatable bonds is 9. The Bertz CT molecular complexity index is 712. The van der Waals surface area contributed by atoms with E-state index in [0.29, 0.717) is 37.7 Å². The van der Waals surface area contributed by atoms with Crippen LogP contribution in [0.2, 0.25) is 0 Å². The molecule has 0 bridgehead atoms. The van der Waals surface area contributed by atoms with Gasteiger partial charge in [0.15, 0.2) is 0 Å². The summed E-state index contributed by atoms with van der Waals surface area (Å²) in [7, 11) is 0. The number of amides is 1. The molecule has 0 spiro atoms. The summed E-state index contributed by atoms with van der Waals surface area (Å²) in [5, 5.41) is 11.7. The van der Waals surface area contributed by atoms with Gasteiger partial charge in [-0.25, -0.2) is 4.79 Å². The van der Waals surface area contributed by atoms with E-state index in [4.69, 9.17) is 14.6 Å². The molecule has 6 nitrogen and oxygen atoms in total. The third-order valence-electron chi connectivity index (χ3n) is 3.42. The molecule has 2 aromatic rings. The number of hydrogen-bond acceptors (Lipinski definition) is 4. The highest BCUT2D eigenvalue weighted by Crippen LogP contribution is 2.14. The first-order valence-corrected chi connectivity index (χ1v) is 7.99. The number of carboxylic acid groups (broad SMARTS) is 1. The van der Waals surface area contributed by atoms with Crippen molar-refractivity contribution >= 4 is 17.6 Å². The van der Waals surface area contributed by atoms with Crippen molar-refractivity contribution in [2.24, 2.45) is 0 Å². The van der Waals surface area contributed by atoms with E-state index in [0.717, 1.165) is 5.56 Å². The smallest absolute Gasteiger partial charge is 0.335 e. The topological polar surface area (TPSA) is 84.9 Å². The second kappa shape index (κ2) is 9.56. The van der Waals surface area contributed by atoms with Gasteiger partial charge in [0.25, 0.3) is 5.91 Å². The minimum absolute atomic E-state index is 0.141. The van der Waals surface area contributed by atoms with Gasteiger partial charge in [0.05, 0.1) is 25.4 Å². The molecule has 0 aliphatic rings. The van der Waals surface area contributed by atoms with Crippen LogP contribution >= 0.6 is 0 Å². The largest absolute Gasteiger partial charge is 0.478 e. The van der Waals surface area contributed by atoms with E-state index < -0.39 is 5.97 Å². The number of hydrogen-bond donors (Lipinski definition) is 2. The Balaban J connectivity index is 1.92. The Morgan fingerprint density at radius 2 is 1.68 bits per heavy atom. The first kappa shape index (κ1) is 18.6. The maximum Gasteiger partial charge on any atom is 0.335 e. The van der Waals surface area contributed by atoms with Crippen molar-refractivity contribution in [2.75, 3.05) is 25.1 Å². The van der Waals surface area contributed by atoms with Crippen LogP contribution in [0.1, 0.15) is 33.2 Å². The van der Waals surface area contributed by atoms with Crippen molar-refractivity contribution < 1.29 is 24.2 Å². The average Bonchev–Trinajstić information content (AvgIpc) is 2.62. The zero-order valence-corrected chi connectivity index (χ0v) is 14.0. The van der Waals surface area contributed by atoms with Crippen LogP contribution in [0.3, 0.4) is 0 Å². The number of ether oxygens (including phenoxy) is 2. The SMILES string of the molecule is CCOCCOCc1cccc(NC(=O)c2ccc(C(=O)O)cc2)c1. The lowest BCUT2D eigenvalue weighted by atomic mass is 10.1. The molecule has 0 unspecified atom stereocenters. The number of benzene rings is 2. The van der Waals surface area contributed by atoms with Gasteiger partial charge in [0, 0.05) is 17.9 Å². The van der Waals surface area contributed by atoms with Crippen molar-refractivity contribution in [3.63, 3.8) is 0 Å². The Morgan fingerprint density at radius 3 is 2.36 bits per heavy atom. The second-order valence-electron chi connectivity index (χ2n) is 5.29. The maximum atomic E-state index is 12.2. The summed E-state index contributed by atoms with van der Waals surface area (Å²) in [5.41, 5.74) is 2.12. The van der Waals surface area contributed by atoms with Crippen molar-refractivity contribution in [3.05, 3.63) is 65.2 Å². The predicted molar refractivity (Wildman–Crippen MR) is 93.9 cm³/mol. The minimum atomic E-state index is -1.02. The van der Waals surface area contributed by atoms with E-state index in [-0.39, 0.29) is 11.5 Å². The first-order chi connectivity index (χ1) is 12.1. The van der Waals surface area contributed by atoms with E-state index in [1.54, 1.807) is 6.07 Å². The lowest BCUT2D eigenvalue weighted by Crippen LogP contribution is -2.12. The standard InChI is InChI=1S/C19H21NO5/c1-2-24-10-11-25-13-14-4-3-5-17(12-14)20-18(21)15-6-8-16(9-7-15)19(22)23/h3-9,12H,2,10-11,13H2,1H3,(H,20,21)(H,22,23). The van der Waals surface area contributed by atoms with Gasteiger partial charge in [0.1, 0.15) is 0 Å². The molecule has 0 radical (unpaired) electrons. The van der Waals surface area contributed by atoms with Gasteiger partial charge in [0.2, 0.25) is 0 Å². The molecule has 0 fully saturated rings. The fourth-order valence-corrected chi connectivity index (χ4v) is 2.16. The molecular weight excluding hydrogens is 322 g/mol. The monoisotopic (exact) mass is 343 g/mol. The quantitative estimate of drug-likeness (QED) is 0.683. The van der Waals surface area contributed by atoms with Crippen molar-refractivity contribution in [1.82, 2.24) is 0 Å². The molecule has 0 heterocycles. The summed E-state index contributed by atoms with van der Waals surface area (Å²) in [6.07, 6.45) is 0. The van der Waals surface area contributed by atoms with Crippen molar-refractivity contribution in [3.8, 4) is 0 Å². The molecule has 6 heteroatoms. The van der Waals surface area contributed by atoms with Gasteiger partial charge in [-0.1, -0.05) is 12.1 Å². The molecule has 1 amide bonds. The third kappa shape index (κ3) is 6.02.